The highest BCUT2D eigenvalue weighted by molar-refractivity contribution is 7.92. The molecular formula is C21H17N5O2S. The van der Waals surface area contributed by atoms with Crippen molar-refractivity contribution < 1.29 is 8.42 Å². The summed E-state index contributed by atoms with van der Waals surface area (Å²) in [7, 11) is -2.14. The normalized spacial score (nSPS) is 11.3. The van der Waals surface area contributed by atoms with Crippen molar-refractivity contribution in [2.45, 2.75) is 11.9 Å². The number of nitrogens with zero attached hydrogens (tertiary/aromatic N) is 4. The van der Waals surface area contributed by atoms with Gasteiger partial charge in [0.25, 0.3) is 10.0 Å². The van der Waals surface area contributed by atoms with E-state index in [0.29, 0.717) is 22.6 Å². The van der Waals surface area contributed by atoms with Gasteiger partial charge in [0.05, 0.1) is 17.3 Å². The van der Waals surface area contributed by atoms with Crippen LogP contribution in [0.5, 0.6) is 0 Å². The lowest BCUT2D eigenvalue weighted by molar-refractivity contribution is 0.598. The summed E-state index contributed by atoms with van der Waals surface area (Å²) in [4.78, 5) is 8.29. The molecule has 0 aliphatic heterocycles. The maximum absolute atomic E-state index is 12.9. The highest BCUT2D eigenvalue weighted by Crippen LogP contribution is 2.35. The summed E-state index contributed by atoms with van der Waals surface area (Å²) < 4.78 is 30.0. The molecule has 0 unspecified atom stereocenters. The Kier molecular flexibility index (Phi) is 4.53. The first-order valence-electron chi connectivity index (χ1n) is 8.80. The minimum atomic E-state index is -3.87. The van der Waals surface area contributed by atoms with Crippen molar-refractivity contribution in [1.82, 2.24) is 14.5 Å². The van der Waals surface area contributed by atoms with Gasteiger partial charge in [-0.25, -0.2) is 4.98 Å². The van der Waals surface area contributed by atoms with Gasteiger partial charge in [0.15, 0.2) is 5.03 Å². The van der Waals surface area contributed by atoms with E-state index < -0.39 is 10.0 Å². The molecule has 0 saturated heterocycles. The second-order valence-corrected chi connectivity index (χ2v) is 8.21. The van der Waals surface area contributed by atoms with Crippen molar-refractivity contribution >= 4 is 26.5 Å². The van der Waals surface area contributed by atoms with Crippen LogP contribution in [0.2, 0.25) is 0 Å². The van der Waals surface area contributed by atoms with E-state index in [1.165, 1.54) is 12.4 Å². The molecule has 0 spiro atoms. The van der Waals surface area contributed by atoms with Crippen LogP contribution >= 0.6 is 0 Å². The van der Waals surface area contributed by atoms with Gasteiger partial charge >= 0.3 is 0 Å². The quantitative estimate of drug-likeness (QED) is 0.561. The molecule has 2 aromatic heterocycles. The van der Waals surface area contributed by atoms with Gasteiger partial charge in [-0.2, -0.15) is 13.7 Å². The molecule has 7 nitrogen and oxygen atoms in total. The van der Waals surface area contributed by atoms with E-state index in [2.05, 4.69) is 20.8 Å². The minimum absolute atomic E-state index is 0.0510. The number of aromatic nitrogens is 3. The van der Waals surface area contributed by atoms with Crippen molar-refractivity contribution in [2.24, 2.45) is 7.05 Å². The molecule has 0 fully saturated rings. The Morgan fingerprint density at radius 1 is 1.07 bits per heavy atom. The Bertz CT molecular complexity index is 1360. The third kappa shape index (κ3) is 3.32. The number of hydrogen-bond donors (Lipinski definition) is 1. The number of pyridine rings is 1. The van der Waals surface area contributed by atoms with Crippen molar-refractivity contribution in [1.29, 1.82) is 5.26 Å². The zero-order chi connectivity index (χ0) is 20.6. The Labute approximate surface area is 168 Å². The van der Waals surface area contributed by atoms with Gasteiger partial charge in [-0.3, -0.25) is 9.71 Å². The maximum atomic E-state index is 12.9. The van der Waals surface area contributed by atoms with Crippen LogP contribution < -0.4 is 4.72 Å². The first-order chi connectivity index (χ1) is 13.9. The lowest BCUT2D eigenvalue weighted by atomic mass is 9.95. The second kappa shape index (κ2) is 7.04. The second-order valence-electron chi connectivity index (χ2n) is 6.58. The van der Waals surface area contributed by atoms with Crippen LogP contribution in [-0.4, -0.2) is 23.0 Å². The van der Waals surface area contributed by atoms with Crippen LogP contribution in [0, 0.1) is 18.3 Å². The molecule has 29 heavy (non-hydrogen) atoms. The average molecular weight is 403 g/mol. The van der Waals surface area contributed by atoms with Crippen LogP contribution in [0.4, 0.5) is 5.69 Å². The fourth-order valence-corrected chi connectivity index (χ4v) is 4.30. The summed E-state index contributed by atoms with van der Waals surface area (Å²) in [5.41, 5.74) is 2.34. The van der Waals surface area contributed by atoms with Gasteiger partial charge in [-0.05, 0) is 30.0 Å². The monoisotopic (exact) mass is 403 g/mol. The molecule has 0 radical (unpaired) electrons. The number of nitriles is 1. The predicted octanol–water partition coefficient (Wildman–Crippen LogP) is 3.62. The average Bonchev–Trinajstić information content (AvgIpc) is 3.07. The van der Waals surface area contributed by atoms with Crippen molar-refractivity contribution in [3.05, 3.63) is 72.4 Å². The van der Waals surface area contributed by atoms with Gasteiger partial charge in [-0.15, -0.1) is 0 Å². The third-order valence-corrected chi connectivity index (χ3v) is 6.00. The summed E-state index contributed by atoms with van der Waals surface area (Å²) in [6.07, 6.45) is 4.60. The Morgan fingerprint density at radius 3 is 2.52 bits per heavy atom. The van der Waals surface area contributed by atoms with Crippen LogP contribution in [0.15, 0.2) is 66.1 Å². The molecule has 1 N–H and O–H groups in total. The predicted molar refractivity (Wildman–Crippen MR) is 111 cm³/mol. The van der Waals surface area contributed by atoms with E-state index in [0.717, 1.165) is 16.3 Å². The number of aryl methyl sites for hydroxylation is 2. The molecule has 0 saturated carbocycles. The third-order valence-electron chi connectivity index (χ3n) is 4.76. The largest absolute Gasteiger partial charge is 0.337 e. The van der Waals surface area contributed by atoms with Crippen LogP contribution in [0.25, 0.3) is 21.9 Å². The van der Waals surface area contributed by atoms with Crippen molar-refractivity contribution in [3.63, 3.8) is 0 Å². The van der Waals surface area contributed by atoms with Gasteiger partial charge in [0.2, 0.25) is 0 Å². The number of fused-ring (bicyclic) bond motifs is 1. The van der Waals surface area contributed by atoms with Gasteiger partial charge < -0.3 is 4.57 Å². The molecule has 0 aliphatic carbocycles. The van der Waals surface area contributed by atoms with Gasteiger partial charge in [0.1, 0.15) is 5.82 Å². The highest BCUT2D eigenvalue weighted by Gasteiger charge is 2.21. The van der Waals surface area contributed by atoms with E-state index in [4.69, 9.17) is 0 Å². The molecule has 144 valence electrons. The molecule has 0 atom stereocenters. The number of hydrogen-bond acceptors (Lipinski definition) is 5. The summed E-state index contributed by atoms with van der Waals surface area (Å²) >= 11 is 0. The molecule has 8 heteroatoms. The molecule has 0 bridgehead atoms. The zero-order valence-corrected chi connectivity index (χ0v) is 16.6. The van der Waals surface area contributed by atoms with Gasteiger partial charge in [0, 0.05) is 36.6 Å². The molecule has 0 amide bonds. The first-order valence-corrected chi connectivity index (χ1v) is 10.3. The van der Waals surface area contributed by atoms with Crippen LogP contribution in [0.3, 0.4) is 0 Å². The fraction of sp³-hybridized carbons (Fsp3) is 0.0952. The highest BCUT2D eigenvalue weighted by atomic mass is 32.2. The van der Waals surface area contributed by atoms with Crippen LogP contribution in [-0.2, 0) is 17.1 Å². The van der Waals surface area contributed by atoms with Crippen molar-refractivity contribution in [3.8, 4) is 17.2 Å². The van der Waals surface area contributed by atoms with E-state index in [9.17, 15) is 13.7 Å². The summed E-state index contributed by atoms with van der Waals surface area (Å²) in [6.45, 7) is 1.74. The molecule has 0 aliphatic rings. The molecule has 4 rings (SSSR count). The Balaban J connectivity index is 1.85. The van der Waals surface area contributed by atoms with Crippen molar-refractivity contribution in [2.75, 3.05) is 4.72 Å². The summed E-state index contributed by atoms with van der Waals surface area (Å²) in [5.74, 6) is 0.596. The number of nitrogens with one attached hydrogen (secondary N) is 1. The van der Waals surface area contributed by atoms with E-state index in [1.54, 1.807) is 42.9 Å². The maximum Gasteiger partial charge on any atom is 0.280 e. The fourth-order valence-electron chi connectivity index (χ4n) is 3.18. The van der Waals surface area contributed by atoms with E-state index in [-0.39, 0.29) is 5.03 Å². The standard InChI is InChI=1S/C21H17N5O2S/c1-14-24-21(13-26(14)2)29(27,28)25-20-9-10-23-12-19(20)18-8-7-15(11-22)16-5-3-4-6-17(16)18/h3-10,12-13H,1-2H3,(H,23,25). The Hall–Kier alpha value is -3.70. The lowest BCUT2D eigenvalue weighted by Crippen LogP contribution is -2.14. The number of benzene rings is 2. The number of anilines is 1. The number of rotatable bonds is 4. The SMILES string of the molecule is Cc1nc(S(=O)(=O)Nc2ccncc2-c2ccc(C#N)c3ccccc23)cn1C. The molecular weight excluding hydrogens is 386 g/mol. The number of sulfonamides is 1. The minimum Gasteiger partial charge on any atom is -0.337 e. The van der Waals surface area contributed by atoms with Crippen LogP contribution in [0.1, 0.15) is 11.4 Å². The van der Waals surface area contributed by atoms with Gasteiger partial charge in [-0.1, -0.05) is 30.3 Å². The topological polar surface area (TPSA) is 101 Å². The summed E-state index contributed by atoms with van der Waals surface area (Å²) in [5, 5.41) is 11.0. The molecule has 2 aromatic carbocycles. The summed E-state index contributed by atoms with van der Waals surface area (Å²) in [6, 6.07) is 14.8. The zero-order valence-electron chi connectivity index (χ0n) is 15.8. The van der Waals surface area contributed by atoms with E-state index >= 15 is 0 Å². The lowest BCUT2D eigenvalue weighted by Gasteiger charge is -2.13. The Morgan fingerprint density at radius 2 is 1.83 bits per heavy atom. The first kappa shape index (κ1) is 18.7. The van der Waals surface area contributed by atoms with E-state index in [1.807, 2.05) is 24.3 Å². The smallest absolute Gasteiger partial charge is 0.280 e. The molecule has 4 aromatic rings. The number of imidazole rings is 1. The molecule has 2 heterocycles.